The Hall–Kier alpha value is -0.650. The molecule has 0 amide bonds. The van der Waals surface area contributed by atoms with Gasteiger partial charge in [-0.3, -0.25) is 4.79 Å². The molecule has 164 valence electrons. The van der Waals surface area contributed by atoms with Crippen LogP contribution in [0.3, 0.4) is 0 Å². The zero-order valence-corrected chi connectivity index (χ0v) is 18.0. The van der Waals surface area contributed by atoms with E-state index >= 15 is 0 Å². The standard InChI is InChI=1S/C18H36O3.C4H12N2/c1-2-3-4-11-14-17(19)15-12-9-7-5-6-8-10-13-16-18(20)21;5-3-1-2-4-6/h17,19H,2-16H2,1H3,(H,20,21);1-6H2. The summed E-state index contributed by atoms with van der Waals surface area (Å²) < 4.78 is 0. The molecule has 0 aliphatic heterocycles. The zero-order valence-electron chi connectivity index (χ0n) is 18.0. The van der Waals surface area contributed by atoms with Gasteiger partial charge in [-0.2, -0.15) is 0 Å². The second kappa shape index (κ2) is 25.4. The molecular formula is C22H48N2O3. The summed E-state index contributed by atoms with van der Waals surface area (Å²) in [6, 6.07) is 0. The molecule has 0 aromatic heterocycles. The van der Waals surface area contributed by atoms with E-state index in [1.807, 2.05) is 0 Å². The van der Waals surface area contributed by atoms with E-state index in [0.29, 0.717) is 6.42 Å². The molecule has 0 aliphatic carbocycles. The highest BCUT2D eigenvalue weighted by Gasteiger charge is 2.03. The van der Waals surface area contributed by atoms with Gasteiger partial charge >= 0.3 is 5.97 Å². The molecule has 0 saturated heterocycles. The fourth-order valence-electron chi connectivity index (χ4n) is 2.96. The van der Waals surface area contributed by atoms with Crippen LogP contribution in [0.1, 0.15) is 116 Å². The van der Waals surface area contributed by atoms with Crippen LogP contribution in [-0.4, -0.2) is 35.4 Å². The summed E-state index contributed by atoms with van der Waals surface area (Å²) in [4.78, 5) is 10.3. The Morgan fingerprint density at radius 3 is 1.52 bits per heavy atom. The van der Waals surface area contributed by atoms with Crippen LogP contribution in [0.4, 0.5) is 0 Å². The molecule has 0 aromatic rings. The second-order valence-electron chi connectivity index (χ2n) is 7.55. The number of aliphatic hydroxyl groups excluding tert-OH is 1. The van der Waals surface area contributed by atoms with Gasteiger partial charge < -0.3 is 21.7 Å². The van der Waals surface area contributed by atoms with Crippen molar-refractivity contribution in [3.8, 4) is 0 Å². The number of hydrogen-bond donors (Lipinski definition) is 4. The van der Waals surface area contributed by atoms with E-state index in [2.05, 4.69) is 6.92 Å². The maximum atomic E-state index is 10.3. The Balaban J connectivity index is 0. The molecular weight excluding hydrogens is 340 g/mol. The first-order chi connectivity index (χ1) is 13.1. The normalized spacial score (nSPS) is 11.7. The van der Waals surface area contributed by atoms with Crippen molar-refractivity contribution in [2.24, 2.45) is 11.5 Å². The van der Waals surface area contributed by atoms with Crippen molar-refractivity contribution in [3.63, 3.8) is 0 Å². The van der Waals surface area contributed by atoms with Crippen molar-refractivity contribution >= 4 is 5.97 Å². The summed E-state index contributed by atoms with van der Waals surface area (Å²) in [7, 11) is 0. The predicted molar refractivity (Wildman–Crippen MR) is 116 cm³/mol. The maximum absolute atomic E-state index is 10.3. The van der Waals surface area contributed by atoms with Gasteiger partial charge in [-0.25, -0.2) is 0 Å². The lowest BCUT2D eigenvalue weighted by atomic mass is 10.0. The Bertz CT molecular complexity index is 285. The van der Waals surface area contributed by atoms with Crippen molar-refractivity contribution in [3.05, 3.63) is 0 Å². The molecule has 1 unspecified atom stereocenters. The van der Waals surface area contributed by atoms with Gasteiger partial charge in [0, 0.05) is 6.42 Å². The van der Waals surface area contributed by atoms with E-state index < -0.39 is 5.97 Å². The average Bonchev–Trinajstić information content (AvgIpc) is 2.65. The van der Waals surface area contributed by atoms with Gasteiger partial charge in [-0.05, 0) is 45.2 Å². The average molecular weight is 389 g/mol. The molecule has 0 radical (unpaired) electrons. The second-order valence-corrected chi connectivity index (χ2v) is 7.55. The number of rotatable bonds is 19. The summed E-state index contributed by atoms with van der Waals surface area (Å²) in [6.07, 6.45) is 18.4. The molecule has 0 heterocycles. The molecule has 6 N–H and O–H groups in total. The maximum Gasteiger partial charge on any atom is 0.303 e. The van der Waals surface area contributed by atoms with Crippen LogP contribution in [-0.2, 0) is 4.79 Å². The molecule has 5 heteroatoms. The Morgan fingerprint density at radius 2 is 1.11 bits per heavy atom. The van der Waals surface area contributed by atoms with Crippen molar-refractivity contribution in [2.75, 3.05) is 13.1 Å². The highest BCUT2D eigenvalue weighted by atomic mass is 16.4. The fourth-order valence-corrected chi connectivity index (χ4v) is 2.96. The van der Waals surface area contributed by atoms with Crippen molar-refractivity contribution < 1.29 is 15.0 Å². The lowest BCUT2D eigenvalue weighted by Crippen LogP contribution is -2.05. The van der Waals surface area contributed by atoms with Crippen LogP contribution in [0.15, 0.2) is 0 Å². The Morgan fingerprint density at radius 1 is 0.704 bits per heavy atom. The number of carboxylic acid groups (broad SMARTS) is 1. The van der Waals surface area contributed by atoms with Crippen LogP contribution >= 0.6 is 0 Å². The molecule has 0 aliphatic rings. The quantitative estimate of drug-likeness (QED) is 0.233. The summed E-state index contributed by atoms with van der Waals surface area (Å²) in [5, 5.41) is 18.4. The molecule has 0 bridgehead atoms. The van der Waals surface area contributed by atoms with Gasteiger partial charge in [-0.15, -0.1) is 0 Å². The van der Waals surface area contributed by atoms with Gasteiger partial charge in [-0.1, -0.05) is 77.6 Å². The van der Waals surface area contributed by atoms with Crippen molar-refractivity contribution in [2.45, 2.75) is 122 Å². The van der Waals surface area contributed by atoms with Crippen molar-refractivity contribution in [1.82, 2.24) is 0 Å². The molecule has 27 heavy (non-hydrogen) atoms. The van der Waals surface area contributed by atoms with Gasteiger partial charge in [0.05, 0.1) is 6.10 Å². The molecule has 0 saturated carbocycles. The van der Waals surface area contributed by atoms with Gasteiger partial charge in [0.1, 0.15) is 0 Å². The highest BCUT2D eigenvalue weighted by Crippen LogP contribution is 2.14. The number of carbonyl (C=O) groups is 1. The fraction of sp³-hybridized carbons (Fsp3) is 0.955. The minimum Gasteiger partial charge on any atom is -0.481 e. The number of aliphatic hydroxyl groups is 1. The topological polar surface area (TPSA) is 110 Å². The SMILES string of the molecule is CCCCCCC(O)CCCCCCCCCCC(=O)O.NCCCCN. The minimum atomic E-state index is -0.678. The van der Waals surface area contributed by atoms with Crippen LogP contribution in [0, 0.1) is 0 Å². The van der Waals surface area contributed by atoms with E-state index in [-0.39, 0.29) is 6.10 Å². The first-order valence-corrected chi connectivity index (χ1v) is 11.4. The van der Waals surface area contributed by atoms with Crippen molar-refractivity contribution in [1.29, 1.82) is 0 Å². The monoisotopic (exact) mass is 388 g/mol. The van der Waals surface area contributed by atoms with Gasteiger partial charge in [0.2, 0.25) is 0 Å². The summed E-state index contributed by atoms with van der Waals surface area (Å²) in [5.74, 6) is -0.678. The van der Waals surface area contributed by atoms with Crippen LogP contribution in [0.25, 0.3) is 0 Å². The molecule has 5 nitrogen and oxygen atoms in total. The smallest absolute Gasteiger partial charge is 0.303 e. The number of hydrogen-bond acceptors (Lipinski definition) is 4. The highest BCUT2D eigenvalue weighted by molar-refractivity contribution is 5.66. The number of aliphatic carboxylic acids is 1. The first-order valence-electron chi connectivity index (χ1n) is 11.4. The number of unbranched alkanes of at least 4 members (excludes halogenated alkanes) is 11. The van der Waals surface area contributed by atoms with E-state index in [1.54, 1.807) is 0 Å². The lowest BCUT2D eigenvalue weighted by Gasteiger charge is -2.10. The van der Waals surface area contributed by atoms with Crippen LogP contribution < -0.4 is 11.5 Å². The number of nitrogens with two attached hydrogens (primary N) is 2. The lowest BCUT2D eigenvalue weighted by molar-refractivity contribution is -0.137. The predicted octanol–water partition coefficient (Wildman–Crippen LogP) is 4.99. The summed E-state index contributed by atoms with van der Waals surface area (Å²) >= 11 is 0. The molecule has 0 spiro atoms. The van der Waals surface area contributed by atoms with Crippen LogP contribution in [0.2, 0.25) is 0 Å². The third kappa shape index (κ3) is 30.3. The van der Waals surface area contributed by atoms with E-state index in [1.165, 1.54) is 51.4 Å². The first kappa shape index (κ1) is 28.6. The van der Waals surface area contributed by atoms with E-state index in [4.69, 9.17) is 16.6 Å². The molecule has 0 fully saturated rings. The number of carboxylic acids is 1. The molecule has 0 aromatic carbocycles. The third-order valence-electron chi connectivity index (χ3n) is 4.73. The van der Waals surface area contributed by atoms with E-state index in [0.717, 1.165) is 64.5 Å². The van der Waals surface area contributed by atoms with Gasteiger partial charge in [0.25, 0.3) is 0 Å². The zero-order chi connectivity index (χ0) is 20.6. The molecule has 1 atom stereocenters. The Labute approximate surface area is 168 Å². The minimum absolute atomic E-state index is 0.0853. The summed E-state index contributed by atoms with van der Waals surface area (Å²) in [5.41, 5.74) is 10.3. The largest absolute Gasteiger partial charge is 0.481 e. The van der Waals surface area contributed by atoms with Crippen LogP contribution in [0.5, 0.6) is 0 Å². The Kier molecular flexibility index (Phi) is 26.8. The van der Waals surface area contributed by atoms with Gasteiger partial charge in [0.15, 0.2) is 0 Å². The van der Waals surface area contributed by atoms with E-state index in [9.17, 15) is 9.90 Å². The molecule has 0 rings (SSSR count). The summed E-state index contributed by atoms with van der Waals surface area (Å²) in [6.45, 7) is 3.76. The third-order valence-corrected chi connectivity index (χ3v) is 4.73.